The second kappa shape index (κ2) is 10.1. The molecule has 1 aromatic heterocycles. The number of hydrogen-bond acceptors (Lipinski definition) is 6. The van der Waals surface area contributed by atoms with Crippen LogP contribution in [0.5, 0.6) is 0 Å². The van der Waals surface area contributed by atoms with Crippen molar-refractivity contribution in [2.45, 2.75) is 81.6 Å². The Morgan fingerprint density at radius 2 is 2.27 bits per heavy atom. The minimum atomic E-state index is 0.131. The summed E-state index contributed by atoms with van der Waals surface area (Å²) in [6, 6.07) is 0.882. The molecular formula is C18H30N6OS. The van der Waals surface area contributed by atoms with E-state index in [1.54, 1.807) is 11.8 Å². The SMILES string of the molecule is CCC(NC(=O)CCCSc1nnnn1C1CCCCC1)C1C=CCN1. The zero-order chi connectivity index (χ0) is 18.2. The summed E-state index contributed by atoms with van der Waals surface area (Å²) in [5.74, 6) is 0.991. The van der Waals surface area contributed by atoms with Crippen molar-refractivity contribution in [1.29, 1.82) is 0 Å². The number of amides is 1. The first-order chi connectivity index (χ1) is 12.8. The van der Waals surface area contributed by atoms with Crippen LogP contribution >= 0.6 is 11.8 Å². The largest absolute Gasteiger partial charge is 0.351 e. The molecule has 2 aliphatic rings. The van der Waals surface area contributed by atoms with Gasteiger partial charge in [-0.25, -0.2) is 4.68 Å². The Morgan fingerprint density at radius 1 is 1.42 bits per heavy atom. The zero-order valence-corrected chi connectivity index (χ0v) is 16.4. The number of rotatable bonds is 9. The second-order valence-corrected chi connectivity index (χ2v) is 8.16. The summed E-state index contributed by atoms with van der Waals surface area (Å²) in [5, 5.41) is 19.6. The van der Waals surface area contributed by atoms with E-state index in [2.05, 4.69) is 45.2 Å². The Bertz CT molecular complexity index is 598. The number of tetrazole rings is 1. The molecule has 0 radical (unpaired) electrons. The van der Waals surface area contributed by atoms with Gasteiger partial charge in [-0.1, -0.05) is 50.1 Å². The van der Waals surface area contributed by atoms with Gasteiger partial charge in [0.15, 0.2) is 0 Å². The number of thioether (sulfide) groups is 1. The van der Waals surface area contributed by atoms with Gasteiger partial charge in [-0.05, 0) is 36.1 Å². The average Bonchev–Trinajstić information content (AvgIpc) is 3.36. The predicted octanol–water partition coefficient (Wildman–Crippen LogP) is 2.47. The van der Waals surface area contributed by atoms with Gasteiger partial charge in [0.1, 0.15) is 0 Å². The maximum Gasteiger partial charge on any atom is 0.220 e. The smallest absolute Gasteiger partial charge is 0.220 e. The predicted molar refractivity (Wildman–Crippen MR) is 103 cm³/mol. The molecular weight excluding hydrogens is 348 g/mol. The molecule has 3 rings (SSSR count). The van der Waals surface area contributed by atoms with E-state index in [1.807, 2.05) is 4.68 Å². The molecule has 0 spiro atoms. The summed E-state index contributed by atoms with van der Waals surface area (Å²) in [6.07, 6.45) is 12.8. The Kier molecular flexibility index (Phi) is 7.49. The number of aromatic nitrogens is 4. The molecule has 1 amide bonds. The molecule has 2 heterocycles. The highest BCUT2D eigenvalue weighted by Gasteiger charge is 2.22. The van der Waals surface area contributed by atoms with E-state index in [9.17, 15) is 4.79 Å². The van der Waals surface area contributed by atoms with Gasteiger partial charge in [0.25, 0.3) is 0 Å². The molecule has 0 saturated heterocycles. The van der Waals surface area contributed by atoms with Crippen LogP contribution in [-0.4, -0.2) is 50.5 Å². The van der Waals surface area contributed by atoms with Gasteiger partial charge < -0.3 is 10.6 Å². The van der Waals surface area contributed by atoms with Crippen LogP contribution in [0.2, 0.25) is 0 Å². The highest BCUT2D eigenvalue weighted by atomic mass is 32.2. The van der Waals surface area contributed by atoms with Crippen LogP contribution in [-0.2, 0) is 4.79 Å². The lowest BCUT2D eigenvalue weighted by Gasteiger charge is -2.23. The molecule has 2 N–H and O–H groups in total. The van der Waals surface area contributed by atoms with E-state index in [1.165, 1.54) is 32.1 Å². The first-order valence-corrected chi connectivity index (χ1v) is 10.9. The number of nitrogens with one attached hydrogen (secondary N) is 2. The van der Waals surface area contributed by atoms with Gasteiger partial charge in [0, 0.05) is 30.8 Å². The van der Waals surface area contributed by atoms with E-state index in [0.717, 1.165) is 30.3 Å². The van der Waals surface area contributed by atoms with E-state index in [4.69, 9.17) is 0 Å². The number of hydrogen-bond donors (Lipinski definition) is 2. The molecule has 2 unspecified atom stereocenters. The third kappa shape index (κ3) is 5.30. The van der Waals surface area contributed by atoms with E-state index in [-0.39, 0.29) is 18.0 Å². The summed E-state index contributed by atoms with van der Waals surface area (Å²) in [6.45, 7) is 3.00. The molecule has 26 heavy (non-hydrogen) atoms. The standard InChI is InChI=1S/C18H30N6OS/c1-2-15(16-10-6-12-19-16)20-17(25)11-7-13-26-18-21-22-23-24(18)14-8-4-3-5-9-14/h6,10,14-16,19H,2-5,7-9,11-13H2,1H3,(H,20,25). The van der Waals surface area contributed by atoms with Gasteiger partial charge in [0.05, 0.1) is 6.04 Å². The molecule has 144 valence electrons. The van der Waals surface area contributed by atoms with E-state index in [0.29, 0.717) is 12.5 Å². The van der Waals surface area contributed by atoms with Crippen molar-refractivity contribution < 1.29 is 4.79 Å². The Labute approximate surface area is 159 Å². The fraction of sp³-hybridized carbons (Fsp3) is 0.778. The summed E-state index contributed by atoms with van der Waals surface area (Å²) in [7, 11) is 0. The van der Waals surface area contributed by atoms with Gasteiger partial charge in [-0.3, -0.25) is 4.79 Å². The maximum absolute atomic E-state index is 12.2. The second-order valence-electron chi connectivity index (χ2n) is 7.09. The van der Waals surface area contributed by atoms with Gasteiger partial charge in [-0.2, -0.15) is 0 Å². The van der Waals surface area contributed by atoms with Crippen LogP contribution in [0.3, 0.4) is 0 Å². The summed E-state index contributed by atoms with van der Waals surface area (Å²) in [5.41, 5.74) is 0. The van der Waals surface area contributed by atoms with Crippen LogP contribution in [0.15, 0.2) is 17.3 Å². The Hall–Kier alpha value is -1.41. The fourth-order valence-electron chi connectivity index (χ4n) is 3.72. The lowest BCUT2D eigenvalue weighted by Crippen LogP contribution is -2.47. The highest BCUT2D eigenvalue weighted by Crippen LogP contribution is 2.30. The van der Waals surface area contributed by atoms with Crippen molar-refractivity contribution in [3.8, 4) is 0 Å². The molecule has 1 aromatic rings. The monoisotopic (exact) mass is 378 g/mol. The summed E-state index contributed by atoms with van der Waals surface area (Å²) >= 11 is 1.66. The number of nitrogens with zero attached hydrogens (tertiary/aromatic N) is 4. The normalized spacial score (nSPS) is 21.8. The van der Waals surface area contributed by atoms with Crippen LogP contribution in [0.25, 0.3) is 0 Å². The minimum Gasteiger partial charge on any atom is -0.351 e. The zero-order valence-electron chi connectivity index (χ0n) is 15.6. The maximum atomic E-state index is 12.2. The third-order valence-electron chi connectivity index (χ3n) is 5.20. The third-order valence-corrected chi connectivity index (χ3v) is 6.22. The Balaban J connectivity index is 1.38. The van der Waals surface area contributed by atoms with Crippen LogP contribution in [0.1, 0.15) is 64.3 Å². The molecule has 1 aliphatic heterocycles. The molecule has 1 saturated carbocycles. The highest BCUT2D eigenvalue weighted by molar-refractivity contribution is 7.99. The van der Waals surface area contributed by atoms with Crippen molar-refractivity contribution in [3.63, 3.8) is 0 Å². The van der Waals surface area contributed by atoms with Crippen molar-refractivity contribution >= 4 is 17.7 Å². The lowest BCUT2D eigenvalue weighted by molar-refractivity contribution is -0.121. The number of carbonyl (C=O) groups is 1. The first kappa shape index (κ1) is 19.4. The minimum absolute atomic E-state index is 0.131. The lowest BCUT2D eigenvalue weighted by atomic mass is 9.96. The van der Waals surface area contributed by atoms with Crippen molar-refractivity contribution in [3.05, 3.63) is 12.2 Å². The van der Waals surface area contributed by atoms with Crippen LogP contribution < -0.4 is 10.6 Å². The first-order valence-electron chi connectivity index (χ1n) is 9.88. The number of carbonyl (C=O) groups excluding carboxylic acids is 1. The molecule has 8 heteroatoms. The van der Waals surface area contributed by atoms with Crippen LogP contribution in [0.4, 0.5) is 0 Å². The molecule has 2 atom stereocenters. The van der Waals surface area contributed by atoms with E-state index >= 15 is 0 Å². The molecule has 0 aromatic carbocycles. The van der Waals surface area contributed by atoms with Crippen LogP contribution in [0, 0.1) is 0 Å². The van der Waals surface area contributed by atoms with Gasteiger partial charge in [0.2, 0.25) is 11.1 Å². The molecule has 7 nitrogen and oxygen atoms in total. The van der Waals surface area contributed by atoms with Crippen molar-refractivity contribution in [1.82, 2.24) is 30.8 Å². The average molecular weight is 379 g/mol. The Morgan fingerprint density at radius 3 is 3.00 bits per heavy atom. The molecule has 1 aliphatic carbocycles. The topological polar surface area (TPSA) is 84.7 Å². The van der Waals surface area contributed by atoms with Gasteiger partial charge >= 0.3 is 0 Å². The summed E-state index contributed by atoms with van der Waals surface area (Å²) < 4.78 is 2.00. The van der Waals surface area contributed by atoms with Crippen molar-refractivity contribution in [2.75, 3.05) is 12.3 Å². The van der Waals surface area contributed by atoms with E-state index < -0.39 is 0 Å². The molecule has 0 bridgehead atoms. The summed E-state index contributed by atoms with van der Waals surface area (Å²) in [4.78, 5) is 12.2. The molecule has 1 fully saturated rings. The van der Waals surface area contributed by atoms with Crippen molar-refractivity contribution in [2.24, 2.45) is 0 Å². The quantitative estimate of drug-likeness (QED) is 0.390. The fourth-order valence-corrected chi connectivity index (χ4v) is 4.60. The van der Waals surface area contributed by atoms with Gasteiger partial charge in [-0.15, -0.1) is 5.10 Å².